The number of nitrogens with one attached hydrogen (secondary N) is 1. The van der Waals surface area contributed by atoms with E-state index in [0.717, 1.165) is 12.0 Å². The molecule has 1 amide bonds. The first-order valence-corrected chi connectivity index (χ1v) is 11.8. The van der Waals surface area contributed by atoms with Gasteiger partial charge in [0, 0.05) is 26.1 Å². The lowest BCUT2D eigenvalue weighted by Crippen LogP contribution is -2.41. The van der Waals surface area contributed by atoms with Gasteiger partial charge in [-0.05, 0) is 29.8 Å². The summed E-state index contributed by atoms with van der Waals surface area (Å²) in [7, 11) is -3.81. The first kappa shape index (κ1) is 21.9. The van der Waals surface area contributed by atoms with Gasteiger partial charge in [-0.2, -0.15) is 4.31 Å². The second-order valence-corrected chi connectivity index (χ2v) is 9.46. The molecule has 166 valence electrons. The van der Waals surface area contributed by atoms with E-state index in [2.05, 4.69) is 5.32 Å². The van der Waals surface area contributed by atoms with Crippen molar-refractivity contribution in [1.29, 1.82) is 0 Å². The van der Waals surface area contributed by atoms with Crippen molar-refractivity contribution in [1.82, 2.24) is 9.62 Å². The van der Waals surface area contributed by atoms with Gasteiger partial charge in [-0.25, -0.2) is 8.42 Å². The topological polar surface area (TPSA) is 94.2 Å². The fraction of sp³-hybridized carbons (Fsp3) is 0.381. The van der Waals surface area contributed by atoms with Crippen molar-refractivity contribution < 1.29 is 27.4 Å². The molecule has 0 saturated carbocycles. The van der Waals surface area contributed by atoms with Gasteiger partial charge >= 0.3 is 0 Å². The van der Waals surface area contributed by atoms with Gasteiger partial charge < -0.3 is 19.5 Å². The summed E-state index contributed by atoms with van der Waals surface area (Å²) in [5, 5.41) is 3.18. The molecule has 0 atom stereocenters. The van der Waals surface area contributed by atoms with Crippen molar-refractivity contribution >= 4 is 27.5 Å². The van der Waals surface area contributed by atoms with Gasteiger partial charge in [0.25, 0.3) is 5.91 Å². The van der Waals surface area contributed by atoms with Crippen molar-refractivity contribution in [3.8, 4) is 11.5 Å². The minimum Gasteiger partial charge on any atom is -0.489 e. The Kier molecular flexibility index (Phi) is 6.66. The van der Waals surface area contributed by atoms with Crippen LogP contribution in [0.25, 0.3) is 0 Å². The highest BCUT2D eigenvalue weighted by Crippen LogP contribution is 2.38. The maximum absolute atomic E-state index is 13.1. The molecule has 31 heavy (non-hydrogen) atoms. The predicted molar refractivity (Wildman–Crippen MR) is 114 cm³/mol. The number of benzene rings is 2. The van der Waals surface area contributed by atoms with E-state index in [1.165, 1.54) is 16.4 Å². The first-order chi connectivity index (χ1) is 15.0. The van der Waals surface area contributed by atoms with Crippen molar-refractivity contribution in [2.45, 2.75) is 17.9 Å². The Morgan fingerprint density at radius 2 is 1.81 bits per heavy atom. The first-order valence-electron chi connectivity index (χ1n) is 10.00. The molecular formula is C21H23ClN2O6S. The third-order valence-electron chi connectivity index (χ3n) is 5.03. The summed E-state index contributed by atoms with van der Waals surface area (Å²) >= 11 is 6.31. The second kappa shape index (κ2) is 9.44. The van der Waals surface area contributed by atoms with E-state index in [4.69, 9.17) is 25.8 Å². The molecule has 1 fully saturated rings. The number of carbonyl (C=O) groups excluding carboxylic acids is 1. The molecule has 8 nitrogen and oxygen atoms in total. The molecule has 2 heterocycles. The average molecular weight is 467 g/mol. The summed E-state index contributed by atoms with van der Waals surface area (Å²) < 4.78 is 44.0. The van der Waals surface area contributed by atoms with Gasteiger partial charge in [-0.1, -0.05) is 23.7 Å². The fourth-order valence-corrected chi connectivity index (χ4v) is 5.35. The minimum absolute atomic E-state index is 0.0221. The highest BCUT2D eigenvalue weighted by Gasteiger charge is 2.30. The molecule has 0 unspecified atom stereocenters. The zero-order valence-corrected chi connectivity index (χ0v) is 18.4. The number of halogens is 1. The molecule has 2 aliphatic heterocycles. The van der Waals surface area contributed by atoms with Crippen molar-refractivity contribution in [2.75, 3.05) is 39.5 Å². The molecular weight excluding hydrogens is 444 g/mol. The molecule has 0 aliphatic carbocycles. The van der Waals surface area contributed by atoms with Crippen LogP contribution in [0.2, 0.25) is 5.02 Å². The van der Waals surface area contributed by atoms with Crippen LogP contribution in [-0.2, 0) is 21.3 Å². The largest absolute Gasteiger partial charge is 0.489 e. The molecule has 4 rings (SSSR count). The van der Waals surface area contributed by atoms with Gasteiger partial charge in [0.05, 0.1) is 41.9 Å². The molecule has 2 aliphatic rings. The predicted octanol–water partition coefficient (Wildman–Crippen LogP) is 2.45. The van der Waals surface area contributed by atoms with Gasteiger partial charge in [0.1, 0.15) is 0 Å². The summed E-state index contributed by atoms with van der Waals surface area (Å²) in [5.74, 6) is 0.538. The number of nitrogens with zero attached hydrogens (tertiary/aromatic N) is 1. The van der Waals surface area contributed by atoms with Crippen LogP contribution in [0.5, 0.6) is 11.5 Å². The maximum Gasteiger partial charge on any atom is 0.252 e. The zero-order valence-electron chi connectivity index (χ0n) is 16.8. The summed E-state index contributed by atoms with van der Waals surface area (Å²) in [4.78, 5) is 12.9. The standard InChI is InChI=1S/C21H23ClN2O6S/c22-17-12-15(13-18-20(17)30-9-3-8-29-18)14-23-21(25)16-4-1-2-5-19(16)31(26,27)24-6-10-28-11-7-24/h1-2,4-5,12-13H,3,6-11,14H2,(H,23,25). The van der Waals surface area contributed by atoms with Crippen LogP contribution in [0.15, 0.2) is 41.3 Å². The quantitative estimate of drug-likeness (QED) is 0.727. The number of ether oxygens (including phenoxy) is 3. The third kappa shape index (κ3) is 4.79. The number of fused-ring (bicyclic) bond motifs is 1. The smallest absolute Gasteiger partial charge is 0.252 e. The summed E-state index contributed by atoms with van der Waals surface area (Å²) in [5.41, 5.74) is 0.811. The van der Waals surface area contributed by atoms with Crippen molar-refractivity contribution in [3.05, 3.63) is 52.5 Å². The third-order valence-corrected chi connectivity index (χ3v) is 7.27. The molecule has 1 saturated heterocycles. The van der Waals surface area contributed by atoms with Crippen LogP contribution in [0, 0.1) is 0 Å². The number of rotatable bonds is 5. The van der Waals surface area contributed by atoms with E-state index >= 15 is 0 Å². The zero-order chi connectivity index (χ0) is 21.8. The Labute approximate surface area is 186 Å². The van der Waals surface area contributed by atoms with Crippen LogP contribution in [0.1, 0.15) is 22.3 Å². The summed E-state index contributed by atoms with van der Waals surface area (Å²) in [6, 6.07) is 9.66. The van der Waals surface area contributed by atoms with Gasteiger partial charge in [0.15, 0.2) is 11.5 Å². The molecule has 0 radical (unpaired) electrons. The lowest BCUT2D eigenvalue weighted by molar-refractivity contribution is 0.0730. The number of carbonyl (C=O) groups is 1. The Balaban J connectivity index is 1.52. The average Bonchev–Trinajstić information content (AvgIpc) is 3.04. The Hall–Kier alpha value is -2.33. The summed E-state index contributed by atoms with van der Waals surface area (Å²) in [6.07, 6.45) is 0.755. The van der Waals surface area contributed by atoms with Gasteiger partial charge in [0.2, 0.25) is 10.0 Å². The van der Waals surface area contributed by atoms with E-state index in [1.807, 2.05) is 0 Å². The molecule has 0 bridgehead atoms. The Morgan fingerprint density at radius 1 is 1.06 bits per heavy atom. The lowest BCUT2D eigenvalue weighted by Gasteiger charge is -2.26. The van der Waals surface area contributed by atoms with Crippen LogP contribution >= 0.6 is 11.6 Å². The highest BCUT2D eigenvalue weighted by molar-refractivity contribution is 7.89. The van der Waals surface area contributed by atoms with E-state index in [0.29, 0.717) is 42.9 Å². The SMILES string of the molecule is O=C(NCc1cc(Cl)c2c(c1)OCCCO2)c1ccccc1S(=O)(=O)N1CCOCC1. The summed E-state index contributed by atoms with van der Waals surface area (Å²) in [6.45, 7) is 2.38. The molecule has 2 aromatic carbocycles. The Morgan fingerprint density at radius 3 is 2.61 bits per heavy atom. The van der Waals surface area contributed by atoms with E-state index < -0.39 is 15.9 Å². The highest BCUT2D eigenvalue weighted by atomic mass is 35.5. The number of amides is 1. The molecule has 1 N–H and O–H groups in total. The molecule has 0 spiro atoms. The van der Waals surface area contributed by atoms with Gasteiger partial charge in [-0.3, -0.25) is 4.79 Å². The molecule has 0 aromatic heterocycles. The fourth-order valence-electron chi connectivity index (χ4n) is 3.47. The van der Waals surface area contributed by atoms with Gasteiger partial charge in [-0.15, -0.1) is 0 Å². The second-order valence-electron chi connectivity index (χ2n) is 7.15. The van der Waals surface area contributed by atoms with E-state index in [9.17, 15) is 13.2 Å². The normalized spacial score (nSPS) is 17.1. The Bertz CT molecular complexity index is 1070. The van der Waals surface area contributed by atoms with Crippen molar-refractivity contribution in [2.24, 2.45) is 0 Å². The number of hydrogen-bond acceptors (Lipinski definition) is 6. The molecule has 10 heteroatoms. The van der Waals surface area contributed by atoms with E-state index in [-0.39, 0.29) is 30.1 Å². The number of morpholine rings is 1. The monoisotopic (exact) mass is 466 g/mol. The lowest BCUT2D eigenvalue weighted by atomic mass is 10.1. The molecule has 2 aromatic rings. The van der Waals surface area contributed by atoms with Crippen LogP contribution in [0.4, 0.5) is 0 Å². The van der Waals surface area contributed by atoms with Crippen LogP contribution < -0.4 is 14.8 Å². The maximum atomic E-state index is 13.1. The van der Waals surface area contributed by atoms with Crippen LogP contribution in [0.3, 0.4) is 0 Å². The van der Waals surface area contributed by atoms with E-state index in [1.54, 1.807) is 24.3 Å². The number of sulfonamides is 1. The minimum atomic E-state index is -3.81. The van der Waals surface area contributed by atoms with Crippen LogP contribution in [-0.4, -0.2) is 58.1 Å². The number of hydrogen-bond donors (Lipinski definition) is 1. The van der Waals surface area contributed by atoms with Crippen molar-refractivity contribution in [3.63, 3.8) is 0 Å².